The number of aromatic amines is 1. The first kappa shape index (κ1) is 16.5. The molecule has 0 radical (unpaired) electrons. The first-order valence-electron chi connectivity index (χ1n) is 8.17. The van der Waals surface area contributed by atoms with Gasteiger partial charge < -0.3 is 9.40 Å². The van der Waals surface area contributed by atoms with Crippen molar-refractivity contribution in [2.75, 3.05) is 0 Å². The third-order valence-electron chi connectivity index (χ3n) is 4.08. The Balaban J connectivity index is 1.60. The SMILES string of the molecule is Cc1ccccc1-c1nnc(S[C@H](C)c2nc3ccccc3c(=O)[nH]2)o1. The molecule has 0 spiro atoms. The van der Waals surface area contributed by atoms with Crippen LogP contribution < -0.4 is 5.56 Å². The van der Waals surface area contributed by atoms with Gasteiger partial charge in [0.25, 0.3) is 10.8 Å². The van der Waals surface area contributed by atoms with Gasteiger partial charge in [-0.2, -0.15) is 0 Å². The lowest BCUT2D eigenvalue weighted by Gasteiger charge is -2.08. The van der Waals surface area contributed by atoms with E-state index in [0.29, 0.717) is 27.8 Å². The minimum Gasteiger partial charge on any atom is -0.411 e. The number of H-pyrrole nitrogens is 1. The Labute approximate surface area is 153 Å². The highest BCUT2D eigenvalue weighted by Gasteiger charge is 2.17. The van der Waals surface area contributed by atoms with E-state index in [2.05, 4.69) is 20.2 Å². The number of benzene rings is 2. The smallest absolute Gasteiger partial charge is 0.277 e. The molecule has 4 rings (SSSR count). The molecular formula is C19H16N4O2S. The molecule has 0 aliphatic rings. The van der Waals surface area contributed by atoms with E-state index in [1.165, 1.54) is 11.8 Å². The Bertz CT molecular complexity index is 1140. The number of rotatable bonds is 4. The van der Waals surface area contributed by atoms with Gasteiger partial charge in [0, 0.05) is 5.56 Å². The molecule has 1 N–H and O–H groups in total. The van der Waals surface area contributed by atoms with Crippen molar-refractivity contribution >= 4 is 22.7 Å². The second-order valence-electron chi connectivity index (χ2n) is 5.92. The molecule has 0 fully saturated rings. The van der Waals surface area contributed by atoms with Crippen molar-refractivity contribution < 1.29 is 4.42 Å². The van der Waals surface area contributed by atoms with Gasteiger partial charge in [0.05, 0.1) is 16.2 Å². The topological polar surface area (TPSA) is 84.7 Å². The van der Waals surface area contributed by atoms with Crippen LogP contribution in [0.25, 0.3) is 22.4 Å². The monoisotopic (exact) mass is 364 g/mol. The molecule has 2 aromatic carbocycles. The molecule has 0 amide bonds. The predicted molar refractivity (Wildman–Crippen MR) is 101 cm³/mol. The van der Waals surface area contributed by atoms with Gasteiger partial charge in [-0.1, -0.05) is 42.1 Å². The van der Waals surface area contributed by atoms with Crippen LogP contribution in [-0.4, -0.2) is 20.2 Å². The van der Waals surface area contributed by atoms with Crippen molar-refractivity contribution in [1.29, 1.82) is 0 Å². The van der Waals surface area contributed by atoms with Crippen molar-refractivity contribution in [3.63, 3.8) is 0 Å². The third-order valence-corrected chi connectivity index (χ3v) is 5.02. The van der Waals surface area contributed by atoms with E-state index in [0.717, 1.165) is 11.1 Å². The molecule has 0 bridgehead atoms. The summed E-state index contributed by atoms with van der Waals surface area (Å²) in [7, 11) is 0. The first-order valence-corrected chi connectivity index (χ1v) is 9.05. The molecule has 0 saturated heterocycles. The van der Waals surface area contributed by atoms with Crippen molar-refractivity contribution in [2.24, 2.45) is 0 Å². The molecule has 2 heterocycles. The number of aryl methyl sites for hydroxylation is 1. The zero-order valence-electron chi connectivity index (χ0n) is 14.3. The van der Waals surface area contributed by atoms with Crippen LogP contribution >= 0.6 is 11.8 Å². The highest BCUT2D eigenvalue weighted by atomic mass is 32.2. The van der Waals surface area contributed by atoms with Gasteiger partial charge in [-0.25, -0.2) is 4.98 Å². The molecule has 0 aliphatic heterocycles. The molecule has 130 valence electrons. The minimum atomic E-state index is -0.149. The molecule has 7 heteroatoms. The molecule has 0 unspecified atom stereocenters. The highest BCUT2D eigenvalue weighted by Crippen LogP contribution is 2.34. The quantitative estimate of drug-likeness (QED) is 0.548. The average molecular weight is 364 g/mol. The molecular weight excluding hydrogens is 348 g/mol. The fraction of sp³-hybridized carbons (Fsp3) is 0.158. The fourth-order valence-electron chi connectivity index (χ4n) is 2.68. The lowest BCUT2D eigenvalue weighted by molar-refractivity contribution is 0.464. The second-order valence-corrected chi connectivity index (χ2v) is 7.21. The van der Waals surface area contributed by atoms with Gasteiger partial charge in [-0.05, 0) is 37.6 Å². The number of hydrogen-bond donors (Lipinski definition) is 1. The van der Waals surface area contributed by atoms with Crippen LogP contribution in [0.1, 0.15) is 23.6 Å². The zero-order valence-corrected chi connectivity index (χ0v) is 15.1. The van der Waals surface area contributed by atoms with Crippen LogP contribution in [-0.2, 0) is 0 Å². The molecule has 2 aromatic heterocycles. The third kappa shape index (κ3) is 3.13. The summed E-state index contributed by atoms with van der Waals surface area (Å²) in [5.74, 6) is 1.06. The van der Waals surface area contributed by atoms with E-state index in [1.807, 2.05) is 56.3 Å². The average Bonchev–Trinajstić information content (AvgIpc) is 3.10. The largest absolute Gasteiger partial charge is 0.411 e. The Hall–Kier alpha value is -2.93. The zero-order chi connectivity index (χ0) is 18.1. The van der Waals surface area contributed by atoms with Crippen molar-refractivity contribution in [3.8, 4) is 11.5 Å². The van der Waals surface area contributed by atoms with Gasteiger partial charge in [0.15, 0.2) is 0 Å². The summed E-state index contributed by atoms with van der Waals surface area (Å²) in [6.45, 7) is 3.94. The molecule has 4 aromatic rings. The van der Waals surface area contributed by atoms with Crippen LogP contribution in [0.15, 0.2) is 63.0 Å². The summed E-state index contributed by atoms with van der Waals surface area (Å²) in [6.07, 6.45) is 0. The summed E-state index contributed by atoms with van der Waals surface area (Å²) in [5.41, 5.74) is 2.51. The highest BCUT2D eigenvalue weighted by molar-refractivity contribution is 7.99. The molecule has 26 heavy (non-hydrogen) atoms. The Morgan fingerprint density at radius 1 is 1.08 bits per heavy atom. The van der Waals surface area contributed by atoms with Crippen molar-refractivity contribution in [3.05, 3.63) is 70.3 Å². The van der Waals surface area contributed by atoms with E-state index < -0.39 is 0 Å². The summed E-state index contributed by atoms with van der Waals surface area (Å²) >= 11 is 1.36. The molecule has 1 atom stereocenters. The van der Waals surface area contributed by atoms with E-state index in [1.54, 1.807) is 6.07 Å². The van der Waals surface area contributed by atoms with E-state index in [9.17, 15) is 4.79 Å². The van der Waals surface area contributed by atoms with Gasteiger partial charge in [0.1, 0.15) is 5.82 Å². The number of hydrogen-bond acceptors (Lipinski definition) is 6. The van der Waals surface area contributed by atoms with E-state index >= 15 is 0 Å². The van der Waals surface area contributed by atoms with Gasteiger partial charge in [-0.3, -0.25) is 4.79 Å². The van der Waals surface area contributed by atoms with Crippen molar-refractivity contribution in [2.45, 2.75) is 24.3 Å². The number of nitrogens with one attached hydrogen (secondary N) is 1. The van der Waals surface area contributed by atoms with Gasteiger partial charge >= 0.3 is 0 Å². The number of nitrogens with zero attached hydrogens (tertiary/aromatic N) is 3. The summed E-state index contributed by atoms with van der Waals surface area (Å²) in [5, 5.41) is 9.11. The summed E-state index contributed by atoms with van der Waals surface area (Å²) in [4.78, 5) is 19.6. The van der Waals surface area contributed by atoms with Crippen LogP contribution in [0.3, 0.4) is 0 Å². The maximum absolute atomic E-state index is 12.2. The number of para-hydroxylation sites is 1. The normalized spacial score (nSPS) is 12.4. The van der Waals surface area contributed by atoms with Gasteiger partial charge in [0.2, 0.25) is 5.89 Å². The first-order chi connectivity index (χ1) is 12.6. The van der Waals surface area contributed by atoms with Crippen LogP contribution in [0, 0.1) is 6.92 Å². The molecule has 0 aliphatic carbocycles. The maximum atomic E-state index is 12.2. The number of fused-ring (bicyclic) bond motifs is 1. The van der Waals surface area contributed by atoms with Crippen LogP contribution in [0.4, 0.5) is 0 Å². The second kappa shape index (κ2) is 6.76. The fourth-order valence-corrected chi connectivity index (χ4v) is 3.42. The van der Waals surface area contributed by atoms with E-state index in [4.69, 9.17) is 4.42 Å². The van der Waals surface area contributed by atoms with Crippen LogP contribution in [0.5, 0.6) is 0 Å². The molecule has 0 saturated carbocycles. The Morgan fingerprint density at radius 3 is 2.69 bits per heavy atom. The minimum absolute atomic E-state index is 0.141. The number of thioether (sulfide) groups is 1. The summed E-state index contributed by atoms with van der Waals surface area (Å²) < 4.78 is 5.78. The maximum Gasteiger partial charge on any atom is 0.277 e. The standard InChI is InChI=1S/C19H16N4O2S/c1-11-7-3-4-8-13(11)18-22-23-19(25-18)26-12(2)16-20-15-10-6-5-9-14(15)17(24)21-16/h3-10,12H,1-2H3,(H,20,21,24)/t12-/m1/s1. The van der Waals surface area contributed by atoms with E-state index in [-0.39, 0.29) is 10.8 Å². The van der Waals surface area contributed by atoms with Gasteiger partial charge in [-0.15, -0.1) is 10.2 Å². The number of aromatic nitrogens is 4. The lowest BCUT2D eigenvalue weighted by Crippen LogP contribution is -2.12. The summed E-state index contributed by atoms with van der Waals surface area (Å²) in [6, 6.07) is 15.1. The Morgan fingerprint density at radius 2 is 1.85 bits per heavy atom. The van der Waals surface area contributed by atoms with Crippen molar-refractivity contribution in [1.82, 2.24) is 20.2 Å². The Kier molecular flexibility index (Phi) is 4.30. The molecule has 6 nitrogen and oxygen atoms in total. The van der Waals surface area contributed by atoms with Crippen LogP contribution in [0.2, 0.25) is 0 Å². The predicted octanol–water partition coefficient (Wildman–Crippen LogP) is 4.13. The lowest BCUT2D eigenvalue weighted by atomic mass is 10.1.